The lowest BCUT2D eigenvalue weighted by molar-refractivity contribution is -0.256. The highest BCUT2D eigenvalue weighted by Crippen LogP contribution is 2.43. The third kappa shape index (κ3) is 3.10. The molecule has 10 aromatic rings. The summed E-state index contributed by atoms with van der Waals surface area (Å²) in [5, 5.41) is 28.1. The van der Waals surface area contributed by atoms with Gasteiger partial charge in [-0.05, 0) is 59.7 Å². The average molecular weight is 625 g/mol. The summed E-state index contributed by atoms with van der Waals surface area (Å²) in [5.41, 5.74) is 2.69. The number of aromatic carboxylic acids is 2. The Morgan fingerprint density at radius 1 is 0.479 bits per heavy atom. The number of nitrogens with zero attached hydrogens (tertiary/aromatic N) is 4. The molecule has 0 fully saturated rings. The van der Waals surface area contributed by atoms with Crippen LogP contribution in [0.2, 0.25) is 0 Å². The molecule has 48 heavy (non-hydrogen) atoms. The molecule has 0 aliphatic heterocycles. The molecule has 0 amide bonds. The van der Waals surface area contributed by atoms with Crippen LogP contribution in [-0.4, -0.2) is 30.7 Å². The number of rotatable bonds is 3. The normalized spacial score (nSPS) is 12.2. The standard InChI is InChI=1S/C38H18N4O6/c43-35-21-13-9-17(29-23(37(45)46)15-11-19(31(21)29)33-39-25-5-1-3-7-27(25)41(33)35)18-10-14-22-32-20(12-16-24(30(18)32)38(47)48)34-40-26-6-2-4-8-28(26)42(34)36(22)44/h1-16H,(H,45,46)(H,47,48)/p-2. The predicted molar refractivity (Wildman–Crippen MR) is 178 cm³/mol. The van der Waals surface area contributed by atoms with Gasteiger partial charge in [0.2, 0.25) is 0 Å². The van der Waals surface area contributed by atoms with Crippen LogP contribution in [0, 0.1) is 0 Å². The lowest BCUT2D eigenvalue weighted by atomic mass is 9.86. The molecule has 0 spiro atoms. The Bertz CT molecular complexity index is 3020. The van der Waals surface area contributed by atoms with Crippen LogP contribution in [0.25, 0.3) is 87.6 Å². The van der Waals surface area contributed by atoms with E-state index < -0.39 is 11.9 Å². The third-order valence-electron chi connectivity index (χ3n) is 9.52. The third-order valence-corrected chi connectivity index (χ3v) is 9.52. The Morgan fingerprint density at radius 3 is 1.29 bits per heavy atom. The van der Waals surface area contributed by atoms with Crippen molar-refractivity contribution in [1.82, 2.24) is 18.8 Å². The molecular formula is C38H16N4O6-2. The van der Waals surface area contributed by atoms with Gasteiger partial charge in [-0.15, -0.1) is 0 Å². The number of pyridine rings is 2. The molecule has 4 heterocycles. The van der Waals surface area contributed by atoms with Gasteiger partial charge in [0, 0.05) is 54.2 Å². The minimum atomic E-state index is -1.47. The van der Waals surface area contributed by atoms with Crippen LogP contribution < -0.4 is 21.3 Å². The molecule has 0 aliphatic carbocycles. The van der Waals surface area contributed by atoms with Gasteiger partial charge < -0.3 is 19.8 Å². The van der Waals surface area contributed by atoms with E-state index in [1.165, 1.54) is 20.9 Å². The Morgan fingerprint density at radius 2 is 0.875 bits per heavy atom. The van der Waals surface area contributed by atoms with Crippen molar-refractivity contribution >= 4 is 88.4 Å². The second-order valence-electron chi connectivity index (χ2n) is 11.8. The van der Waals surface area contributed by atoms with Crippen molar-refractivity contribution in [3.8, 4) is 11.1 Å². The summed E-state index contributed by atoms with van der Waals surface area (Å²) in [5.74, 6) is -2.95. The maximum Gasteiger partial charge on any atom is 0.264 e. The molecule has 0 aliphatic rings. The van der Waals surface area contributed by atoms with Crippen molar-refractivity contribution in [2.24, 2.45) is 0 Å². The maximum atomic E-state index is 14.0. The monoisotopic (exact) mass is 624 g/mol. The number of fused-ring (bicyclic) bond motifs is 8. The van der Waals surface area contributed by atoms with Crippen LogP contribution in [0.15, 0.2) is 107 Å². The molecule has 226 valence electrons. The lowest BCUT2D eigenvalue weighted by Crippen LogP contribution is -2.24. The number of imidazole rings is 2. The van der Waals surface area contributed by atoms with Gasteiger partial charge in [-0.1, -0.05) is 48.5 Å². The first-order chi connectivity index (χ1) is 23.3. The van der Waals surface area contributed by atoms with Gasteiger partial charge in [0.25, 0.3) is 11.1 Å². The number of carbonyl (C=O) groups is 2. The molecule has 10 rings (SSSR count). The second-order valence-corrected chi connectivity index (χ2v) is 11.8. The van der Waals surface area contributed by atoms with Crippen molar-refractivity contribution in [1.29, 1.82) is 0 Å². The molecule has 0 atom stereocenters. The SMILES string of the molecule is O=C([O-])c1ccc2c3c1c(-c1ccc4c(=O)n5c6ccccc6nc5c5ccc(C(=O)[O-])c1c45)ccc3c(=O)n1c3ccccc3nc21. The second kappa shape index (κ2) is 8.86. The van der Waals surface area contributed by atoms with Crippen LogP contribution in [0.3, 0.4) is 0 Å². The molecule has 0 saturated carbocycles. The minimum absolute atomic E-state index is 0.184. The summed E-state index contributed by atoms with van der Waals surface area (Å²) >= 11 is 0. The van der Waals surface area contributed by atoms with Gasteiger partial charge in [0.15, 0.2) is 0 Å². The van der Waals surface area contributed by atoms with Gasteiger partial charge in [0.1, 0.15) is 11.3 Å². The van der Waals surface area contributed by atoms with Crippen LogP contribution in [0.1, 0.15) is 20.7 Å². The van der Waals surface area contributed by atoms with Gasteiger partial charge in [-0.25, -0.2) is 9.97 Å². The predicted octanol–water partition coefficient (Wildman–Crippen LogP) is 3.89. The smallest absolute Gasteiger partial charge is 0.264 e. The van der Waals surface area contributed by atoms with Crippen molar-refractivity contribution in [3.63, 3.8) is 0 Å². The number of benzene rings is 6. The van der Waals surface area contributed by atoms with Crippen LogP contribution in [0.5, 0.6) is 0 Å². The largest absolute Gasteiger partial charge is 0.545 e. The van der Waals surface area contributed by atoms with E-state index in [4.69, 9.17) is 9.97 Å². The van der Waals surface area contributed by atoms with Gasteiger partial charge >= 0.3 is 0 Å². The summed E-state index contributed by atoms with van der Waals surface area (Å²) in [6.07, 6.45) is 0. The fourth-order valence-corrected chi connectivity index (χ4v) is 7.57. The van der Waals surface area contributed by atoms with E-state index >= 15 is 0 Å². The first kappa shape index (κ1) is 26.3. The van der Waals surface area contributed by atoms with Crippen molar-refractivity contribution in [2.75, 3.05) is 0 Å². The summed E-state index contributed by atoms with van der Waals surface area (Å²) < 4.78 is 3.03. The van der Waals surface area contributed by atoms with Gasteiger partial charge in [0.05, 0.1) is 34.0 Å². The molecule has 0 N–H and O–H groups in total. The number of hydrogen-bond donors (Lipinski definition) is 0. The van der Waals surface area contributed by atoms with Crippen molar-refractivity contribution in [2.45, 2.75) is 0 Å². The fourth-order valence-electron chi connectivity index (χ4n) is 7.57. The molecule has 6 aromatic carbocycles. The van der Waals surface area contributed by atoms with Crippen molar-refractivity contribution < 1.29 is 19.8 Å². The zero-order chi connectivity index (χ0) is 32.6. The first-order valence-electron chi connectivity index (χ1n) is 15.0. The Balaban J connectivity index is 1.43. The van der Waals surface area contributed by atoms with E-state index in [1.807, 2.05) is 24.3 Å². The van der Waals surface area contributed by atoms with E-state index in [1.54, 1.807) is 60.7 Å². The van der Waals surface area contributed by atoms with Crippen molar-refractivity contribution in [3.05, 3.63) is 129 Å². The summed E-state index contributed by atoms with van der Waals surface area (Å²) in [6, 6.07) is 26.9. The highest BCUT2D eigenvalue weighted by molar-refractivity contribution is 6.28. The first-order valence-corrected chi connectivity index (χ1v) is 15.0. The molecule has 0 unspecified atom stereocenters. The zero-order valence-electron chi connectivity index (χ0n) is 24.5. The topological polar surface area (TPSA) is 149 Å². The van der Waals surface area contributed by atoms with Crippen LogP contribution in [-0.2, 0) is 0 Å². The molecule has 4 aromatic heterocycles. The Kier molecular flexibility index (Phi) is 4.85. The van der Waals surface area contributed by atoms with E-state index in [-0.39, 0.29) is 43.8 Å². The number of hydrogen-bond acceptors (Lipinski definition) is 8. The summed E-state index contributed by atoms with van der Waals surface area (Å²) in [6.45, 7) is 0. The molecule has 0 radical (unpaired) electrons. The van der Waals surface area contributed by atoms with E-state index in [2.05, 4.69) is 0 Å². The number of aromatic nitrogens is 4. The lowest BCUT2D eigenvalue weighted by Gasteiger charge is -2.20. The van der Waals surface area contributed by atoms with Gasteiger partial charge in [-0.2, -0.15) is 0 Å². The average Bonchev–Trinajstić information content (AvgIpc) is 3.68. The van der Waals surface area contributed by atoms with Gasteiger partial charge in [-0.3, -0.25) is 18.4 Å². The highest BCUT2D eigenvalue weighted by Gasteiger charge is 2.24. The highest BCUT2D eigenvalue weighted by atomic mass is 16.4. The molecule has 10 nitrogen and oxygen atoms in total. The van der Waals surface area contributed by atoms with E-state index in [0.717, 1.165) is 0 Å². The Hall–Kier alpha value is -6.94. The van der Waals surface area contributed by atoms with Crippen LogP contribution >= 0.6 is 0 Å². The number of carboxylic acids is 2. The summed E-state index contributed by atoms with van der Waals surface area (Å²) in [7, 11) is 0. The molecule has 0 bridgehead atoms. The minimum Gasteiger partial charge on any atom is -0.545 e. The summed E-state index contributed by atoms with van der Waals surface area (Å²) in [4.78, 5) is 62.9. The fraction of sp³-hybridized carbons (Fsp3) is 0. The molecule has 0 saturated heterocycles. The quantitative estimate of drug-likeness (QED) is 0.288. The molecule has 10 heteroatoms. The van der Waals surface area contributed by atoms with E-state index in [9.17, 15) is 29.4 Å². The molecular weight excluding hydrogens is 608 g/mol. The number of para-hydroxylation sites is 4. The van der Waals surface area contributed by atoms with Crippen LogP contribution in [0.4, 0.5) is 0 Å². The number of carbonyl (C=O) groups excluding carboxylic acids is 2. The Labute approximate surface area is 266 Å². The van der Waals surface area contributed by atoms with E-state index in [0.29, 0.717) is 66.0 Å². The number of carboxylic acid groups (broad SMARTS) is 2. The zero-order valence-corrected chi connectivity index (χ0v) is 24.5. The maximum absolute atomic E-state index is 14.0.